The lowest BCUT2D eigenvalue weighted by atomic mass is 10.5. The number of aryl methyl sites for hydroxylation is 1. The highest BCUT2D eigenvalue weighted by atomic mass is 32.2. The summed E-state index contributed by atoms with van der Waals surface area (Å²) in [5.74, 6) is -0.145. The fourth-order valence-electron chi connectivity index (χ4n) is 0.905. The van der Waals surface area contributed by atoms with Gasteiger partial charge in [-0.1, -0.05) is 6.07 Å². The SMILES string of the molecule is O=c1ccccn1CCSC(F)(F)F. The summed E-state index contributed by atoms with van der Waals surface area (Å²) < 4.78 is 36.5. The van der Waals surface area contributed by atoms with E-state index >= 15 is 0 Å². The Kier molecular flexibility index (Phi) is 3.62. The third-order valence-corrected chi connectivity index (χ3v) is 2.21. The molecule has 6 heteroatoms. The number of hydrogen-bond acceptors (Lipinski definition) is 2. The first-order valence-electron chi connectivity index (χ1n) is 3.85. The fraction of sp³-hybridized carbons (Fsp3) is 0.375. The molecule has 1 aromatic heterocycles. The third kappa shape index (κ3) is 3.87. The van der Waals surface area contributed by atoms with E-state index in [0.29, 0.717) is 0 Å². The molecule has 0 spiro atoms. The second-order valence-corrected chi connectivity index (χ2v) is 3.69. The zero-order valence-electron chi connectivity index (χ0n) is 7.12. The summed E-state index contributed by atoms with van der Waals surface area (Å²) >= 11 is -0.123. The van der Waals surface area contributed by atoms with Gasteiger partial charge in [-0.05, 0) is 17.8 Å². The molecule has 2 nitrogen and oxygen atoms in total. The number of aromatic nitrogens is 1. The van der Waals surface area contributed by atoms with E-state index in [9.17, 15) is 18.0 Å². The predicted octanol–water partition coefficient (Wildman–Crippen LogP) is 2.10. The molecule has 0 atom stereocenters. The maximum absolute atomic E-state index is 11.7. The minimum absolute atomic E-state index is 0.0733. The Morgan fingerprint density at radius 3 is 2.64 bits per heavy atom. The molecule has 1 heterocycles. The van der Waals surface area contributed by atoms with Crippen LogP contribution in [0.3, 0.4) is 0 Å². The lowest BCUT2D eigenvalue weighted by molar-refractivity contribution is -0.0328. The van der Waals surface area contributed by atoms with Gasteiger partial charge in [-0.3, -0.25) is 4.79 Å². The molecule has 0 saturated carbocycles. The molecule has 0 aliphatic heterocycles. The Balaban J connectivity index is 2.47. The molecule has 0 amide bonds. The summed E-state index contributed by atoms with van der Waals surface area (Å²) in [6.07, 6.45) is 1.47. The standard InChI is InChI=1S/C8H8F3NOS/c9-8(10,11)14-6-5-12-4-2-1-3-7(12)13/h1-4H,5-6H2. The van der Waals surface area contributed by atoms with Crippen LogP contribution in [0.4, 0.5) is 13.2 Å². The van der Waals surface area contributed by atoms with Crippen LogP contribution in [-0.2, 0) is 6.54 Å². The van der Waals surface area contributed by atoms with Crippen molar-refractivity contribution >= 4 is 11.8 Å². The monoisotopic (exact) mass is 223 g/mol. The quantitative estimate of drug-likeness (QED) is 0.782. The molecule has 78 valence electrons. The summed E-state index contributed by atoms with van der Waals surface area (Å²) in [5, 5.41) is 0. The van der Waals surface area contributed by atoms with Gasteiger partial charge in [0.05, 0.1) is 0 Å². The summed E-state index contributed by atoms with van der Waals surface area (Å²) in [5.41, 5.74) is -4.51. The zero-order valence-corrected chi connectivity index (χ0v) is 7.94. The number of hydrogen-bond donors (Lipinski definition) is 0. The van der Waals surface area contributed by atoms with Gasteiger partial charge in [0.15, 0.2) is 0 Å². The van der Waals surface area contributed by atoms with Crippen molar-refractivity contribution in [1.82, 2.24) is 4.57 Å². The number of pyridine rings is 1. The molecule has 1 aromatic rings. The van der Waals surface area contributed by atoms with E-state index in [-0.39, 0.29) is 29.6 Å². The van der Waals surface area contributed by atoms with Gasteiger partial charge in [0.1, 0.15) is 0 Å². The minimum atomic E-state index is -4.22. The van der Waals surface area contributed by atoms with Gasteiger partial charge in [0.25, 0.3) is 5.56 Å². The van der Waals surface area contributed by atoms with Gasteiger partial charge in [-0.15, -0.1) is 0 Å². The normalized spacial score (nSPS) is 11.6. The molecule has 0 N–H and O–H groups in total. The predicted molar refractivity (Wildman–Crippen MR) is 49.2 cm³/mol. The van der Waals surface area contributed by atoms with Crippen molar-refractivity contribution in [3.05, 3.63) is 34.7 Å². The largest absolute Gasteiger partial charge is 0.441 e. The van der Waals surface area contributed by atoms with E-state index in [0.717, 1.165) is 0 Å². The highest BCUT2D eigenvalue weighted by Gasteiger charge is 2.27. The fourth-order valence-corrected chi connectivity index (χ4v) is 1.42. The van der Waals surface area contributed by atoms with Crippen LogP contribution >= 0.6 is 11.8 Å². The van der Waals surface area contributed by atoms with Crippen LogP contribution in [0.1, 0.15) is 0 Å². The molecule has 0 unspecified atom stereocenters. The number of nitrogens with zero attached hydrogens (tertiary/aromatic N) is 1. The molecular formula is C8H8F3NOS. The average molecular weight is 223 g/mol. The van der Waals surface area contributed by atoms with E-state index < -0.39 is 5.51 Å². The summed E-state index contributed by atoms with van der Waals surface area (Å²) in [4.78, 5) is 11.0. The topological polar surface area (TPSA) is 22.0 Å². The van der Waals surface area contributed by atoms with Crippen LogP contribution in [0.2, 0.25) is 0 Å². The molecule has 0 aromatic carbocycles. The van der Waals surface area contributed by atoms with E-state index in [1.165, 1.54) is 16.8 Å². The summed E-state index contributed by atoms with van der Waals surface area (Å²) in [6.45, 7) is 0.0733. The zero-order chi connectivity index (χ0) is 10.6. The Hall–Kier alpha value is -0.910. The third-order valence-electron chi connectivity index (χ3n) is 1.50. The Labute approximate surface area is 82.7 Å². The van der Waals surface area contributed by atoms with Crippen molar-refractivity contribution in [3.8, 4) is 0 Å². The molecule has 0 saturated heterocycles. The molecule has 0 radical (unpaired) electrons. The average Bonchev–Trinajstić information content (AvgIpc) is 2.06. The maximum Gasteiger partial charge on any atom is 0.441 e. The van der Waals surface area contributed by atoms with E-state index in [2.05, 4.69) is 0 Å². The summed E-state index contributed by atoms with van der Waals surface area (Å²) in [6, 6.07) is 4.48. The minimum Gasteiger partial charge on any atom is -0.315 e. The van der Waals surface area contributed by atoms with Gasteiger partial charge in [0.2, 0.25) is 0 Å². The van der Waals surface area contributed by atoms with Crippen LogP contribution in [0, 0.1) is 0 Å². The highest BCUT2D eigenvalue weighted by molar-refractivity contribution is 8.00. The number of rotatable bonds is 3. The molecular weight excluding hydrogens is 215 g/mol. The lowest BCUT2D eigenvalue weighted by Crippen LogP contribution is -2.19. The molecule has 0 aliphatic carbocycles. The maximum atomic E-state index is 11.7. The van der Waals surface area contributed by atoms with Crippen LogP contribution in [0.25, 0.3) is 0 Å². The van der Waals surface area contributed by atoms with E-state index in [1.54, 1.807) is 12.1 Å². The Morgan fingerprint density at radius 2 is 2.07 bits per heavy atom. The lowest BCUT2D eigenvalue weighted by Gasteiger charge is -2.06. The first kappa shape index (κ1) is 11.2. The Bertz CT molecular complexity index is 347. The van der Waals surface area contributed by atoms with Crippen molar-refractivity contribution in [1.29, 1.82) is 0 Å². The molecule has 0 aliphatic rings. The van der Waals surface area contributed by atoms with Crippen molar-refractivity contribution in [2.45, 2.75) is 12.1 Å². The van der Waals surface area contributed by atoms with Gasteiger partial charge in [0, 0.05) is 24.6 Å². The molecule has 0 fully saturated rings. The first-order valence-corrected chi connectivity index (χ1v) is 4.84. The first-order chi connectivity index (χ1) is 6.49. The number of alkyl halides is 3. The molecule has 1 rings (SSSR count). The van der Waals surface area contributed by atoms with Crippen LogP contribution in [0.5, 0.6) is 0 Å². The Morgan fingerprint density at radius 1 is 1.36 bits per heavy atom. The van der Waals surface area contributed by atoms with Crippen molar-refractivity contribution in [2.75, 3.05) is 5.75 Å². The highest BCUT2D eigenvalue weighted by Crippen LogP contribution is 2.29. The van der Waals surface area contributed by atoms with Crippen LogP contribution in [0.15, 0.2) is 29.2 Å². The number of halogens is 3. The second kappa shape index (κ2) is 4.54. The smallest absolute Gasteiger partial charge is 0.315 e. The van der Waals surface area contributed by atoms with Gasteiger partial charge >= 0.3 is 5.51 Å². The van der Waals surface area contributed by atoms with Gasteiger partial charge in [-0.2, -0.15) is 13.2 Å². The van der Waals surface area contributed by atoms with Crippen molar-refractivity contribution in [3.63, 3.8) is 0 Å². The van der Waals surface area contributed by atoms with Gasteiger partial charge < -0.3 is 4.57 Å². The second-order valence-electron chi connectivity index (χ2n) is 2.53. The number of thioether (sulfide) groups is 1. The van der Waals surface area contributed by atoms with Gasteiger partial charge in [-0.25, -0.2) is 0 Å². The van der Waals surface area contributed by atoms with E-state index in [1.807, 2.05) is 0 Å². The van der Waals surface area contributed by atoms with Crippen LogP contribution in [-0.4, -0.2) is 15.8 Å². The molecule has 14 heavy (non-hydrogen) atoms. The van der Waals surface area contributed by atoms with Crippen molar-refractivity contribution < 1.29 is 13.2 Å². The van der Waals surface area contributed by atoms with Crippen LogP contribution < -0.4 is 5.56 Å². The van der Waals surface area contributed by atoms with Crippen molar-refractivity contribution in [2.24, 2.45) is 0 Å². The summed E-state index contributed by atoms with van der Waals surface area (Å²) in [7, 11) is 0. The molecule has 0 bridgehead atoms. The van der Waals surface area contributed by atoms with E-state index in [4.69, 9.17) is 0 Å².